The second-order valence-electron chi connectivity index (χ2n) is 5.34. The molecule has 0 spiro atoms. The summed E-state index contributed by atoms with van der Waals surface area (Å²) >= 11 is 0. The second kappa shape index (κ2) is 8.28. The van der Waals surface area contributed by atoms with Crippen LogP contribution in [0.5, 0.6) is 0 Å². The van der Waals surface area contributed by atoms with Gasteiger partial charge in [0.25, 0.3) is 0 Å². The Morgan fingerprint density at radius 2 is 1.29 bits per heavy atom. The van der Waals surface area contributed by atoms with Crippen molar-refractivity contribution >= 4 is 0 Å². The number of hydrogen-bond acceptors (Lipinski definition) is 1. The van der Waals surface area contributed by atoms with E-state index in [1.165, 1.54) is 38.5 Å². The molecule has 0 rings (SSSR count). The number of nitrogens with two attached hydrogens (primary N) is 1. The van der Waals surface area contributed by atoms with Crippen LogP contribution in [0.3, 0.4) is 0 Å². The molecule has 2 atom stereocenters. The lowest BCUT2D eigenvalue weighted by Crippen LogP contribution is -2.14. The largest absolute Gasteiger partial charge is 0.328 e. The van der Waals surface area contributed by atoms with Gasteiger partial charge in [-0.1, -0.05) is 52.9 Å². The number of rotatable bonds is 8. The van der Waals surface area contributed by atoms with Gasteiger partial charge in [-0.05, 0) is 25.2 Å². The highest BCUT2D eigenvalue weighted by atomic mass is 14.6. The van der Waals surface area contributed by atoms with Crippen molar-refractivity contribution in [2.45, 2.75) is 72.3 Å². The topological polar surface area (TPSA) is 26.0 Å². The fourth-order valence-electron chi connectivity index (χ4n) is 1.81. The summed E-state index contributed by atoms with van der Waals surface area (Å²) in [4.78, 5) is 0. The van der Waals surface area contributed by atoms with Crippen molar-refractivity contribution in [2.24, 2.45) is 17.6 Å². The lowest BCUT2D eigenvalue weighted by Gasteiger charge is -2.12. The molecule has 0 aliphatic rings. The van der Waals surface area contributed by atoms with Gasteiger partial charge in [0.1, 0.15) is 0 Å². The molecule has 0 aromatic carbocycles. The summed E-state index contributed by atoms with van der Waals surface area (Å²) in [6.45, 7) is 9.09. The summed E-state index contributed by atoms with van der Waals surface area (Å²) in [5.74, 6) is 1.76. The van der Waals surface area contributed by atoms with E-state index >= 15 is 0 Å². The Bertz CT molecular complexity index is 104. The molecule has 1 heteroatoms. The predicted molar refractivity (Wildman–Crippen MR) is 65.4 cm³/mol. The molecule has 0 bridgehead atoms. The van der Waals surface area contributed by atoms with Crippen LogP contribution in [-0.4, -0.2) is 6.04 Å². The molecule has 0 saturated heterocycles. The minimum atomic E-state index is 0.387. The Morgan fingerprint density at radius 1 is 0.786 bits per heavy atom. The Balaban J connectivity index is 3.23. The maximum atomic E-state index is 5.72. The summed E-state index contributed by atoms with van der Waals surface area (Å²) < 4.78 is 0. The number of hydrogen-bond donors (Lipinski definition) is 1. The fourth-order valence-corrected chi connectivity index (χ4v) is 1.81. The molecule has 0 aliphatic heterocycles. The fraction of sp³-hybridized carbons (Fsp3) is 1.00. The Hall–Kier alpha value is -0.0400. The lowest BCUT2D eigenvalue weighted by atomic mass is 9.95. The van der Waals surface area contributed by atoms with Crippen LogP contribution in [0.1, 0.15) is 66.2 Å². The SMILES string of the molecule is CC(C)CCCC(C)CCCC(C)N. The van der Waals surface area contributed by atoms with E-state index < -0.39 is 0 Å². The zero-order valence-electron chi connectivity index (χ0n) is 10.6. The molecule has 0 amide bonds. The van der Waals surface area contributed by atoms with Gasteiger partial charge in [0, 0.05) is 6.04 Å². The Morgan fingerprint density at radius 3 is 1.71 bits per heavy atom. The standard InChI is InChI=1S/C13H29N/c1-11(2)7-5-8-12(3)9-6-10-13(4)14/h11-13H,5-10,14H2,1-4H3. The van der Waals surface area contributed by atoms with E-state index in [2.05, 4.69) is 27.7 Å². The van der Waals surface area contributed by atoms with Crippen LogP contribution in [0.2, 0.25) is 0 Å². The van der Waals surface area contributed by atoms with Crippen molar-refractivity contribution < 1.29 is 0 Å². The van der Waals surface area contributed by atoms with Crippen LogP contribution < -0.4 is 5.73 Å². The van der Waals surface area contributed by atoms with Crippen LogP contribution in [0.25, 0.3) is 0 Å². The van der Waals surface area contributed by atoms with Gasteiger partial charge in [-0.2, -0.15) is 0 Å². The normalized spacial score (nSPS) is 15.9. The van der Waals surface area contributed by atoms with Gasteiger partial charge in [0.15, 0.2) is 0 Å². The highest BCUT2D eigenvalue weighted by Gasteiger charge is 2.03. The Labute approximate surface area is 90.5 Å². The maximum absolute atomic E-state index is 5.72. The quantitative estimate of drug-likeness (QED) is 0.629. The molecule has 14 heavy (non-hydrogen) atoms. The van der Waals surface area contributed by atoms with Crippen molar-refractivity contribution in [3.63, 3.8) is 0 Å². The third-order valence-electron chi connectivity index (χ3n) is 2.83. The van der Waals surface area contributed by atoms with E-state index in [1.54, 1.807) is 0 Å². The third kappa shape index (κ3) is 10.0. The first-order chi connectivity index (χ1) is 6.52. The van der Waals surface area contributed by atoms with E-state index in [-0.39, 0.29) is 0 Å². The van der Waals surface area contributed by atoms with E-state index in [0.29, 0.717) is 6.04 Å². The monoisotopic (exact) mass is 199 g/mol. The van der Waals surface area contributed by atoms with Crippen LogP contribution in [0, 0.1) is 11.8 Å². The molecule has 2 unspecified atom stereocenters. The van der Waals surface area contributed by atoms with Crippen molar-refractivity contribution in [1.82, 2.24) is 0 Å². The highest BCUT2D eigenvalue weighted by molar-refractivity contribution is 4.58. The highest BCUT2D eigenvalue weighted by Crippen LogP contribution is 2.17. The van der Waals surface area contributed by atoms with Gasteiger partial charge in [-0.25, -0.2) is 0 Å². The summed E-state index contributed by atoms with van der Waals surface area (Å²) in [7, 11) is 0. The van der Waals surface area contributed by atoms with Gasteiger partial charge in [-0.3, -0.25) is 0 Å². The molecular weight excluding hydrogens is 170 g/mol. The summed E-state index contributed by atoms with van der Waals surface area (Å²) in [5, 5.41) is 0. The molecule has 0 saturated carbocycles. The van der Waals surface area contributed by atoms with E-state index in [4.69, 9.17) is 5.73 Å². The van der Waals surface area contributed by atoms with Gasteiger partial charge in [0.05, 0.1) is 0 Å². The van der Waals surface area contributed by atoms with E-state index in [1.807, 2.05) is 0 Å². The van der Waals surface area contributed by atoms with Gasteiger partial charge in [-0.15, -0.1) is 0 Å². The summed E-state index contributed by atoms with van der Waals surface area (Å²) in [5.41, 5.74) is 5.72. The lowest BCUT2D eigenvalue weighted by molar-refractivity contribution is 0.416. The van der Waals surface area contributed by atoms with Crippen LogP contribution in [0.4, 0.5) is 0 Å². The molecule has 0 fully saturated rings. The molecule has 0 aromatic heterocycles. The molecule has 0 radical (unpaired) electrons. The molecule has 0 heterocycles. The molecule has 0 aliphatic carbocycles. The van der Waals surface area contributed by atoms with Gasteiger partial charge < -0.3 is 5.73 Å². The molecule has 1 nitrogen and oxygen atoms in total. The first kappa shape index (κ1) is 14.0. The van der Waals surface area contributed by atoms with Crippen molar-refractivity contribution in [3.8, 4) is 0 Å². The average molecular weight is 199 g/mol. The van der Waals surface area contributed by atoms with E-state index in [0.717, 1.165) is 11.8 Å². The summed E-state index contributed by atoms with van der Waals surface area (Å²) in [6, 6.07) is 0.387. The first-order valence-corrected chi connectivity index (χ1v) is 6.28. The minimum Gasteiger partial charge on any atom is -0.328 e. The van der Waals surface area contributed by atoms with Gasteiger partial charge >= 0.3 is 0 Å². The van der Waals surface area contributed by atoms with Crippen LogP contribution >= 0.6 is 0 Å². The zero-order valence-corrected chi connectivity index (χ0v) is 10.6. The molecule has 0 aromatic rings. The predicted octanol–water partition coefficient (Wildman–Crippen LogP) is 3.97. The zero-order chi connectivity index (χ0) is 11.0. The summed E-state index contributed by atoms with van der Waals surface area (Å²) in [6.07, 6.45) is 8.04. The Kier molecular flexibility index (Phi) is 8.26. The van der Waals surface area contributed by atoms with Gasteiger partial charge in [0.2, 0.25) is 0 Å². The molecule has 86 valence electrons. The minimum absolute atomic E-state index is 0.387. The van der Waals surface area contributed by atoms with Crippen molar-refractivity contribution in [3.05, 3.63) is 0 Å². The molecular formula is C13H29N. The van der Waals surface area contributed by atoms with Crippen molar-refractivity contribution in [1.29, 1.82) is 0 Å². The second-order valence-corrected chi connectivity index (χ2v) is 5.34. The maximum Gasteiger partial charge on any atom is 0.00104 e. The van der Waals surface area contributed by atoms with Crippen LogP contribution in [0.15, 0.2) is 0 Å². The molecule has 2 N–H and O–H groups in total. The van der Waals surface area contributed by atoms with Crippen LogP contribution in [-0.2, 0) is 0 Å². The van der Waals surface area contributed by atoms with E-state index in [9.17, 15) is 0 Å². The van der Waals surface area contributed by atoms with Crippen molar-refractivity contribution in [2.75, 3.05) is 0 Å². The average Bonchev–Trinajstić information content (AvgIpc) is 2.02. The first-order valence-electron chi connectivity index (χ1n) is 6.28. The third-order valence-corrected chi connectivity index (χ3v) is 2.83. The smallest absolute Gasteiger partial charge is 0.00104 e.